The molecule has 0 bridgehead atoms. The van der Waals surface area contributed by atoms with Gasteiger partial charge in [0.1, 0.15) is 11.4 Å². The van der Waals surface area contributed by atoms with Crippen molar-refractivity contribution in [1.82, 2.24) is 9.97 Å². The van der Waals surface area contributed by atoms with Gasteiger partial charge in [0.15, 0.2) is 0 Å². The Morgan fingerprint density at radius 3 is 2.89 bits per heavy atom. The van der Waals surface area contributed by atoms with Gasteiger partial charge in [-0.2, -0.15) is 0 Å². The molecule has 0 aliphatic rings. The topological polar surface area (TPSA) is 67.0 Å². The predicted octanol–water partition coefficient (Wildman–Crippen LogP) is 2.62. The van der Waals surface area contributed by atoms with Crippen LogP contribution in [0, 0.1) is 6.92 Å². The molecule has 0 unspecified atom stereocenters. The summed E-state index contributed by atoms with van der Waals surface area (Å²) in [6.45, 7) is 7.69. The van der Waals surface area contributed by atoms with Crippen LogP contribution in [0.1, 0.15) is 26.6 Å². The number of ether oxygens (including phenoxy) is 1. The minimum absolute atomic E-state index is 0.268. The number of carbonyl (C=O) groups is 1. The van der Waals surface area contributed by atoms with Gasteiger partial charge in [-0.15, -0.1) is 0 Å². The van der Waals surface area contributed by atoms with Gasteiger partial charge in [0.2, 0.25) is 0 Å². The lowest BCUT2D eigenvalue weighted by Crippen LogP contribution is -2.41. The van der Waals surface area contributed by atoms with Crippen molar-refractivity contribution in [3.05, 3.63) is 24.0 Å². The normalized spacial score (nSPS) is 11.6. The van der Waals surface area contributed by atoms with Crippen LogP contribution in [0.3, 0.4) is 0 Å². The molecule has 0 fully saturated rings. The molecule has 0 spiro atoms. The van der Waals surface area contributed by atoms with Gasteiger partial charge in [-0.3, -0.25) is 0 Å². The zero-order valence-corrected chi connectivity index (χ0v) is 11.7. The van der Waals surface area contributed by atoms with E-state index in [0.29, 0.717) is 6.61 Å². The van der Waals surface area contributed by atoms with E-state index in [1.165, 1.54) is 0 Å². The second kappa shape index (κ2) is 4.91. The highest BCUT2D eigenvalue weighted by atomic mass is 16.5. The molecule has 5 nitrogen and oxygen atoms in total. The van der Waals surface area contributed by atoms with Crippen molar-refractivity contribution < 1.29 is 9.53 Å². The van der Waals surface area contributed by atoms with Crippen LogP contribution in [0.5, 0.6) is 0 Å². The fourth-order valence-corrected chi connectivity index (χ4v) is 1.94. The zero-order valence-electron chi connectivity index (χ0n) is 11.7. The van der Waals surface area contributed by atoms with Crippen LogP contribution in [0.4, 0.5) is 5.69 Å². The van der Waals surface area contributed by atoms with Gasteiger partial charge >= 0.3 is 5.97 Å². The number of esters is 1. The summed E-state index contributed by atoms with van der Waals surface area (Å²) < 4.78 is 5.05. The minimum Gasteiger partial charge on any atom is -0.464 e. The molecule has 2 aromatic rings. The zero-order chi connectivity index (χ0) is 14.0. The highest BCUT2D eigenvalue weighted by Crippen LogP contribution is 2.21. The van der Waals surface area contributed by atoms with Crippen molar-refractivity contribution in [1.29, 1.82) is 0 Å². The predicted molar refractivity (Wildman–Crippen MR) is 75.2 cm³/mol. The quantitative estimate of drug-likeness (QED) is 0.830. The number of imidazole rings is 1. The maximum Gasteiger partial charge on any atom is 0.331 e. The Labute approximate surface area is 112 Å². The SMILES string of the molecule is CCOC(=O)C(C)(C)Nc1ccc2nc(C)[nH]c2c1. The Morgan fingerprint density at radius 2 is 2.21 bits per heavy atom. The molecular weight excluding hydrogens is 242 g/mol. The summed E-state index contributed by atoms with van der Waals surface area (Å²) in [4.78, 5) is 19.3. The van der Waals surface area contributed by atoms with Crippen molar-refractivity contribution in [2.75, 3.05) is 11.9 Å². The van der Waals surface area contributed by atoms with Gasteiger partial charge in [-0.05, 0) is 45.9 Å². The lowest BCUT2D eigenvalue weighted by molar-refractivity contribution is -0.147. The number of anilines is 1. The second-order valence-corrected chi connectivity index (χ2v) is 5.02. The molecule has 19 heavy (non-hydrogen) atoms. The molecule has 0 atom stereocenters. The van der Waals surface area contributed by atoms with Crippen molar-refractivity contribution in [3.63, 3.8) is 0 Å². The number of rotatable bonds is 4. The van der Waals surface area contributed by atoms with Crippen molar-refractivity contribution in [2.24, 2.45) is 0 Å². The van der Waals surface area contributed by atoms with Gasteiger partial charge < -0.3 is 15.0 Å². The van der Waals surface area contributed by atoms with E-state index in [1.54, 1.807) is 20.8 Å². The molecule has 0 saturated heterocycles. The molecule has 5 heteroatoms. The fourth-order valence-electron chi connectivity index (χ4n) is 1.94. The summed E-state index contributed by atoms with van der Waals surface area (Å²) in [6, 6.07) is 5.77. The van der Waals surface area contributed by atoms with Crippen LogP contribution in [0.25, 0.3) is 11.0 Å². The average molecular weight is 261 g/mol. The highest BCUT2D eigenvalue weighted by molar-refractivity contribution is 5.85. The van der Waals surface area contributed by atoms with Crippen LogP contribution in [-0.4, -0.2) is 28.1 Å². The third-order valence-corrected chi connectivity index (χ3v) is 2.84. The van der Waals surface area contributed by atoms with Gasteiger partial charge in [0.25, 0.3) is 0 Å². The van der Waals surface area contributed by atoms with E-state index in [1.807, 2.05) is 25.1 Å². The van der Waals surface area contributed by atoms with Gasteiger partial charge in [-0.1, -0.05) is 0 Å². The number of nitrogens with zero attached hydrogens (tertiary/aromatic N) is 1. The largest absolute Gasteiger partial charge is 0.464 e. The first-order valence-corrected chi connectivity index (χ1v) is 6.34. The first-order chi connectivity index (χ1) is 8.92. The number of fused-ring (bicyclic) bond motifs is 1. The fraction of sp³-hybridized carbons (Fsp3) is 0.429. The number of benzene rings is 1. The number of nitrogens with one attached hydrogen (secondary N) is 2. The molecule has 102 valence electrons. The number of H-pyrrole nitrogens is 1. The smallest absolute Gasteiger partial charge is 0.331 e. The van der Waals surface area contributed by atoms with E-state index < -0.39 is 5.54 Å². The van der Waals surface area contributed by atoms with Crippen molar-refractivity contribution >= 4 is 22.7 Å². The van der Waals surface area contributed by atoms with E-state index in [0.717, 1.165) is 22.5 Å². The van der Waals surface area contributed by atoms with Gasteiger partial charge in [0, 0.05) is 5.69 Å². The molecule has 2 N–H and O–H groups in total. The Balaban J connectivity index is 2.22. The lowest BCUT2D eigenvalue weighted by Gasteiger charge is -2.25. The lowest BCUT2D eigenvalue weighted by atomic mass is 10.1. The molecule has 0 aliphatic carbocycles. The molecule has 1 aromatic heterocycles. The first-order valence-electron chi connectivity index (χ1n) is 6.34. The summed E-state index contributed by atoms with van der Waals surface area (Å²) in [7, 11) is 0. The van der Waals surface area contributed by atoms with E-state index in [9.17, 15) is 4.79 Å². The Bertz CT molecular complexity index is 602. The van der Waals surface area contributed by atoms with Crippen LogP contribution in [0.15, 0.2) is 18.2 Å². The highest BCUT2D eigenvalue weighted by Gasteiger charge is 2.28. The Hall–Kier alpha value is -2.04. The molecule has 0 saturated carbocycles. The standard InChI is InChI=1S/C14H19N3O2/c1-5-19-13(18)14(3,4)17-10-6-7-11-12(8-10)16-9(2)15-11/h6-8,17H,5H2,1-4H3,(H,15,16). The Morgan fingerprint density at radius 1 is 1.47 bits per heavy atom. The first kappa shape index (κ1) is 13.4. The second-order valence-electron chi connectivity index (χ2n) is 5.02. The van der Waals surface area contributed by atoms with Gasteiger partial charge in [-0.25, -0.2) is 9.78 Å². The molecule has 1 aromatic carbocycles. The summed E-state index contributed by atoms with van der Waals surface area (Å²) >= 11 is 0. The number of aromatic nitrogens is 2. The summed E-state index contributed by atoms with van der Waals surface area (Å²) in [6.07, 6.45) is 0. The summed E-state index contributed by atoms with van der Waals surface area (Å²) in [5.41, 5.74) is 1.95. The van der Waals surface area contributed by atoms with E-state index >= 15 is 0 Å². The monoisotopic (exact) mass is 261 g/mol. The number of aromatic amines is 1. The van der Waals surface area contributed by atoms with Crippen molar-refractivity contribution in [2.45, 2.75) is 33.2 Å². The number of hydrogen-bond acceptors (Lipinski definition) is 4. The maximum absolute atomic E-state index is 11.8. The molecule has 0 radical (unpaired) electrons. The molecule has 0 amide bonds. The average Bonchev–Trinajstić information content (AvgIpc) is 2.68. The number of carbonyl (C=O) groups excluding carboxylic acids is 1. The van der Waals surface area contributed by atoms with Crippen LogP contribution >= 0.6 is 0 Å². The summed E-state index contributed by atoms with van der Waals surface area (Å²) in [5.74, 6) is 0.604. The van der Waals surface area contributed by atoms with Crippen LogP contribution in [-0.2, 0) is 9.53 Å². The molecule has 1 heterocycles. The maximum atomic E-state index is 11.8. The molecular formula is C14H19N3O2. The number of aryl methyl sites for hydroxylation is 1. The van der Waals surface area contributed by atoms with Gasteiger partial charge in [0.05, 0.1) is 17.6 Å². The van der Waals surface area contributed by atoms with Crippen LogP contribution in [0.2, 0.25) is 0 Å². The van der Waals surface area contributed by atoms with Crippen LogP contribution < -0.4 is 5.32 Å². The Kier molecular flexibility index (Phi) is 3.46. The van der Waals surface area contributed by atoms with E-state index in [2.05, 4.69) is 15.3 Å². The number of hydrogen-bond donors (Lipinski definition) is 2. The molecule has 0 aliphatic heterocycles. The van der Waals surface area contributed by atoms with E-state index in [4.69, 9.17) is 4.74 Å². The van der Waals surface area contributed by atoms with Crippen molar-refractivity contribution in [3.8, 4) is 0 Å². The molecule has 2 rings (SSSR count). The van der Waals surface area contributed by atoms with E-state index in [-0.39, 0.29) is 5.97 Å². The minimum atomic E-state index is -0.765. The third kappa shape index (κ3) is 2.86. The summed E-state index contributed by atoms with van der Waals surface area (Å²) in [5, 5.41) is 3.18. The third-order valence-electron chi connectivity index (χ3n) is 2.84.